The van der Waals surface area contributed by atoms with Gasteiger partial charge in [0.25, 0.3) is 0 Å². The molecule has 0 N–H and O–H groups in total. The van der Waals surface area contributed by atoms with Crippen molar-refractivity contribution in [2.75, 3.05) is 0 Å². The van der Waals surface area contributed by atoms with Gasteiger partial charge in [-0.1, -0.05) is 6.92 Å². The molecule has 0 aliphatic heterocycles. The van der Waals surface area contributed by atoms with E-state index in [0.29, 0.717) is 6.42 Å². The molecule has 0 saturated carbocycles. The maximum absolute atomic E-state index is 10.8. The summed E-state index contributed by atoms with van der Waals surface area (Å²) in [4.78, 5) is 10.8. The average molecular weight is 179 g/mol. The number of ketones is 1. The van der Waals surface area contributed by atoms with Gasteiger partial charge in [-0.2, -0.15) is 0 Å². The Balaban J connectivity index is 2.54. The first-order valence-electron chi connectivity index (χ1n) is 4.87. The second kappa shape index (κ2) is 4.85. The van der Waals surface area contributed by atoms with Crippen molar-refractivity contribution in [1.82, 2.24) is 4.57 Å². The van der Waals surface area contributed by atoms with Crippen molar-refractivity contribution in [2.24, 2.45) is 0 Å². The summed E-state index contributed by atoms with van der Waals surface area (Å²) >= 11 is 0. The molecule has 0 aliphatic carbocycles. The maximum atomic E-state index is 10.8. The third-order valence-corrected chi connectivity index (χ3v) is 2.12. The summed E-state index contributed by atoms with van der Waals surface area (Å²) in [5.41, 5.74) is 1.28. The van der Waals surface area contributed by atoms with Gasteiger partial charge in [-0.15, -0.1) is 0 Å². The molecule has 0 bridgehead atoms. The van der Waals surface area contributed by atoms with Crippen LogP contribution in [0.2, 0.25) is 0 Å². The molecular formula is C11H17NO. The summed E-state index contributed by atoms with van der Waals surface area (Å²) in [6, 6.07) is 4.14. The van der Waals surface area contributed by atoms with Gasteiger partial charge in [0.15, 0.2) is 0 Å². The van der Waals surface area contributed by atoms with Gasteiger partial charge in [-0.25, -0.2) is 0 Å². The van der Waals surface area contributed by atoms with E-state index in [1.54, 1.807) is 6.92 Å². The van der Waals surface area contributed by atoms with Crippen molar-refractivity contribution < 1.29 is 4.79 Å². The van der Waals surface area contributed by atoms with Crippen LogP contribution in [-0.2, 0) is 17.8 Å². The minimum Gasteiger partial charge on any atom is -0.351 e. The number of Topliss-reactive ketones (excluding diaryl/α,β-unsaturated/α-hetero) is 1. The van der Waals surface area contributed by atoms with E-state index in [9.17, 15) is 4.79 Å². The zero-order valence-electron chi connectivity index (χ0n) is 8.42. The van der Waals surface area contributed by atoms with Gasteiger partial charge >= 0.3 is 0 Å². The van der Waals surface area contributed by atoms with Crippen molar-refractivity contribution in [3.05, 3.63) is 24.0 Å². The summed E-state index contributed by atoms with van der Waals surface area (Å²) in [5, 5.41) is 0. The quantitative estimate of drug-likeness (QED) is 0.680. The number of rotatable bonds is 5. The minimum atomic E-state index is 0.268. The smallest absolute Gasteiger partial charge is 0.130 e. The van der Waals surface area contributed by atoms with Gasteiger partial charge in [0, 0.05) is 24.9 Å². The van der Waals surface area contributed by atoms with Crippen LogP contribution in [0.15, 0.2) is 18.3 Å². The lowest BCUT2D eigenvalue weighted by molar-refractivity contribution is -0.117. The van der Waals surface area contributed by atoms with E-state index in [1.165, 1.54) is 5.69 Å². The van der Waals surface area contributed by atoms with Crippen LogP contribution in [0.5, 0.6) is 0 Å². The molecule has 13 heavy (non-hydrogen) atoms. The standard InChI is InChI=1S/C11H17NO/c1-3-8-12-9-4-5-11(12)7-6-10(2)13/h4-5,9H,3,6-8H2,1-2H3. The summed E-state index contributed by atoms with van der Waals surface area (Å²) < 4.78 is 2.23. The van der Waals surface area contributed by atoms with Crippen LogP contribution in [0.25, 0.3) is 0 Å². The normalized spacial score (nSPS) is 10.3. The molecule has 1 heterocycles. The topological polar surface area (TPSA) is 22.0 Å². The third-order valence-electron chi connectivity index (χ3n) is 2.12. The summed E-state index contributed by atoms with van der Waals surface area (Å²) in [5.74, 6) is 0.268. The minimum absolute atomic E-state index is 0.268. The van der Waals surface area contributed by atoms with Gasteiger partial charge in [0.1, 0.15) is 5.78 Å². The molecule has 1 aromatic heterocycles. The Morgan fingerprint density at radius 1 is 1.54 bits per heavy atom. The monoisotopic (exact) mass is 179 g/mol. The molecule has 0 aromatic carbocycles. The number of carbonyl (C=O) groups excluding carboxylic acids is 1. The first-order valence-corrected chi connectivity index (χ1v) is 4.87. The highest BCUT2D eigenvalue weighted by molar-refractivity contribution is 5.75. The fourth-order valence-corrected chi connectivity index (χ4v) is 1.44. The SMILES string of the molecule is CCCn1cccc1CCC(C)=O. The predicted molar refractivity (Wildman–Crippen MR) is 53.7 cm³/mol. The highest BCUT2D eigenvalue weighted by Crippen LogP contribution is 2.06. The van der Waals surface area contributed by atoms with Crippen molar-refractivity contribution >= 4 is 5.78 Å². The Hall–Kier alpha value is -1.05. The molecule has 0 saturated heterocycles. The van der Waals surface area contributed by atoms with E-state index in [2.05, 4.69) is 23.8 Å². The van der Waals surface area contributed by atoms with Crippen LogP contribution >= 0.6 is 0 Å². The number of carbonyl (C=O) groups is 1. The van der Waals surface area contributed by atoms with E-state index < -0.39 is 0 Å². The van der Waals surface area contributed by atoms with Gasteiger partial charge < -0.3 is 9.36 Å². The second-order valence-electron chi connectivity index (χ2n) is 3.39. The van der Waals surface area contributed by atoms with Gasteiger partial charge in [0.2, 0.25) is 0 Å². The molecule has 2 nitrogen and oxygen atoms in total. The molecule has 0 amide bonds. The fraction of sp³-hybridized carbons (Fsp3) is 0.545. The summed E-state index contributed by atoms with van der Waals surface area (Å²) in [7, 11) is 0. The first-order chi connectivity index (χ1) is 6.24. The van der Waals surface area contributed by atoms with Gasteiger partial charge in [-0.05, 0) is 31.9 Å². The zero-order valence-corrected chi connectivity index (χ0v) is 8.42. The van der Waals surface area contributed by atoms with Crippen molar-refractivity contribution in [3.63, 3.8) is 0 Å². The van der Waals surface area contributed by atoms with Crippen LogP contribution in [0.4, 0.5) is 0 Å². The van der Waals surface area contributed by atoms with E-state index in [4.69, 9.17) is 0 Å². The first kappa shape index (κ1) is 10.0. The molecule has 0 radical (unpaired) electrons. The molecular weight excluding hydrogens is 162 g/mol. The molecule has 0 atom stereocenters. The molecule has 1 aromatic rings. The fourth-order valence-electron chi connectivity index (χ4n) is 1.44. The van der Waals surface area contributed by atoms with Crippen LogP contribution < -0.4 is 0 Å². The summed E-state index contributed by atoms with van der Waals surface area (Å²) in [6.07, 6.45) is 4.76. The number of hydrogen-bond acceptors (Lipinski definition) is 1. The largest absolute Gasteiger partial charge is 0.351 e. The van der Waals surface area contributed by atoms with Crippen LogP contribution in [0, 0.1) is 0 Å². The number of hydrogen-bond donors (Lipinski definition) is 0. The third kappa shape index (κ3) is 3.05. The molecule has 0 unspecified atom stereocenters. The number of aromatic nitrogens is 1. The molecule has 0 spiro atoms. The van der Waals surface area contributed by atoms with E-state index in [-0.39, 0.29) is 5.78 Å². The highest BCUT2D eigenvalue weighted by Gasteiger charge is 2.01. The van der Waals surface area contributed by atoms with Crippen LogP contribution in [0.3, 0.4) is 0 Å². The molecule has 0 fully saturated rings. The predicted octanol–water partition coefficient (Wildman–Crippen LogP) is 2.42. The lowest BCUT2D eigenvalue weighted by Gasteiger charge is -2.06. The van der Waals surface area contributed by atoms with Crippen molar-refractivity contribution in [1.29, 1.82) is 0 Å². The Morgan fingerprint density at radius 3 is 2.92 bits per heavy atom. The lowest BCUT2D eigenvalue weighted by Crippen LogP contribution is -2.03. The average Bonchev–Trinajstić information content (AvgIpc) is 2.49. The van der Waals surface area contributed by atoms with Gasteiger partial charge in [0.05, 0.1) is 0 Å². The molecule has 0 aliphatic rings. The van der Waals surface area contributed by atoms with E-state index >= 15 is 0 Å². The molecule has 72 valence electrons. The van der Waals surface area contributed by atoms with Crippen LogP contribution in [0.1, 0.15) is 32.4 Å². The Labute approximate surface area is 79.6 Å². The maximum Gasteiger partial charge on any atom is 0.130 e. The van der Waals surface area contributed by atoms with Gasteiger partial charge in [-0.3, -0.25) is 0 Å². The Bertz CT molecular complexity index is 275. The number of nitrogens with zero attached hydrogens (tertiary/aromatic N) is 1. The van der Waals surface area contributed by atoms with E-state index in [1.807, 2.05) is 6.07 Å². The Morgan fingerprint density at radius 2 is 2.31 bits per heavy atom. The van der Waals surface area contributed by atoms with Crippen molar-refractivity contribution in [2.45, 2.75) is 39.7 Å². The second-order valence-corrected chi connectivity index (χ2v) is 3.39. The molecule has 2 heteroatoms. The Kier molecular flexibility index (Phi) is 3.74. The zero-order chi connectivity index (χ0) is 9.68. The van der Waals surface area contributed by atoms with Crippen LogP contribution in [-0.4, -0.2) is 10.4 Å². The van der Waals surface area contributed by atoms with E-state index in [0.717, 1.165) is 19.4 Å². The van der Waals surface area contributed by atoms with Crippen molar-refractivity contribution in [3.8, 4) is 0 Å². The molecule has 1 rings (SSSR count). The number of aryl methyl sites for hydroxylation is 2. The highest BCUT2D eigenvalue weighted by atomic mass is 16.1. The summed E-state index contributed by atoms with van der Waals surface area (Å²) in [6.45, 7) is 4.86. The lowest BCUT2D eigenvalue weighted by atomic mass is 10.2.